The van der Waals surface area contributed by atoms with Gasteiger partial charge in [0, 0.05) is 25.6 Å². The minimum atomic E-state index is -0.238. The molecule has 2 N–H and O–H groups in total. The lowest BCUT2D eigenvalue weighted by atomic mass is 10.1. The van der Waals surface area contributed by atoms with Crippen molar-refractivity contribution >= 4 is 23.3 Å². The molecule has 0 bridgehead atoms. The minimum absolute atomic E-state index is 0.132. The van der Waals surface area contributed by atoms with E-state index in [-0.39, 0.29) is 11.9 Å². The van der Waals surface area contributed by atoms with E-state index < -0.39 is 0 Å². The predicted octanol–water partition coefficient (Wildman–Crippen LogP) is 2.66. The monoisotopic (exact) mass is 290 g/mol. The van der Waals surface area contributed by atoms with Gasteiger partial charge in [-0.2, -0.15) is 0 Å². The number of anilines is 1. The highest BCUT2D eigenvalue weighted by Crippen LogP contribution is 2.19. The zero-order valence-corrected chi connectivity index (χ0v) is 12.0. The van der Waals surface area contributed by atoms with E-state index in [1.807, 2.05) is 19.1 Å². The summed E-state index contributed by atoms with van der Waals surface area (Å²) in [4.78, 5) is 20.2. The van der Waals surface area contributed by atoms with E-state index in [2.05, 4.69) is 20.6 Å². The van der Waals surface area contributed by atoms with Crippen molar-refractivity contribution < 1.29 is 4.79 Å². The fourth-order valence-corrected chi connectivity index (χ4v) is 1.95. The molecule has 2 heterocycles. The SMILES string of the molecule is CNc1cc(C(=O)NC(C)c2ccncc2)c(Cl)cn1. The van der Waals surface area contributed by atoms with E-state index in [0.29, 0.717) is 16.4 Å². The Kier molecular flexibility index (Phi) is 4.53. The second kappa shape index (κ2) is 6.34. The smallest absolute Gasteiger partial charge is 0.253 e. The summed E-state index contributed by atoms with van der Waals surface area (Å²) in [5.41, 5.74) is 1.37. The van der Waals surface area contributed by atoms with Crippen molar-refractivity contribution in [2.75, 3.05) is 12.4 Å². The van der Waals surface area contributed by atoms with Gasteiger partial charge >= 0.3 is 0 Å². The van der Waals surface area contributed by atoms with Gasteiger partial charge in [0.15, 0.2) is 0 Å². The van der Waals surface area contributed by atoms with E-state index in [0.717, 1.165) is 5.56 Å². The van der Waals surface area contributed by atoms with Crippen molar-refractivity contribution in [2.24, 2.45) is 0 Å². The lowest BCUT2D eigenvalue weighted by molar-refractivity contribution is 0.0940. The third kappa shape index (κ3) is 3.24. The molecule has 0 aromatic carbocycles. The Morgan fingerprint density at radius 2 is 2.05 bits per heavy atom. The number of pyridine rings is 2. The molecule has 0 radical (unpaired) electrons. The highest BCUT2D eigenvalue weighted by molar-refractivity contribution is 6.33. The maximum absolute atomic E-state index is 12.3. The lowest BCUT2D eigenvalue weighted by Crippen LogP contribution is -2.27. The lowest BCUT2D eigenvalue weighted by Gasteiger charge is -2.15. The first kappa shape index (κ1) is 14.3. The van der Waals surface area contributed by atoms with Crippen LogP contribution < -0.4 is 10.6 Å². The van der Waals surface area contributed by atoms with Gasteiger partial charge in [0.25, 0.3) is 5.91 Å². The fourth-order valence-electron chi connectivity index (χ4n) is 1.76. The molecule has 0 aliphatic rings. The predicted molar refractivity (Wildman–Crippen MR) is 78.9 cm³/mol. The first-order chi connectivity index (χ1) is 9.61. The molecule has 1 atom stereocenters. The molecular weight excluding hydrogens is 276 g/mol. The standard InChI is InChI=1S/C14H15ClN4O/c1-9(10-3-5-17-6-4-10)19-14(20)11-7-13(16-2)18-8-12(11)15/h3-9H,1-2H3,(H,16,18)(H,19,20). The van der Waals surface area contributed by atoms with Gasteiger partial charge in [-0.25, -0.2) is 4.98 Å². The van der Waals surface area contributed by atoms with E-state index in [1.54, 1.807) is 25.5 Å². The van der Waals surface area contributed by atoms with Crippen LogP contribution in [0.2, 0.25) is 5.02 Å². The second-order valence-electron chi connectivity index (χ2n) is 4.28. The van der Waals surface area contributed by atoms with E-state index in [9.17, 15) is 4.79 Å². The molecule has 0 aliphatic heterocycles. The number of rotatable bonds is 4. The van der Waals surface area contributed by atoms with Gasteiger partial charge in [-0.1, -0.05) is 11.6 Å². The van der Waals surface area contributed by atoms with Crippen molar-refractivity contribution in [3.63, 3.8) is 0 Å². The molecule has 0 aliphatic carbocycles. The minimum Gasteiger partial charge on any atom is -0.373 e. The molecule has 0 fully saturated rings. The molecule has 104 valence electrons. The zero-order valence-electron chi connectivity index (χ0n) is 11.2. The van der Waals surface area contributed by atoms with E-state index in [4.69, 9.17) is 11.6 Å². The van der Waals surface area contributed by atoms with Crippen LogP contribution in [0.25, 0.3) is 0 Å². The molecule has 20 heavy (non-hydrogen) atoms. The number of hydrogen-bond acceptors (Lipinski definition) is 4. The van der Waals surface area contributed by atoms with Crippen LogP contribution >= 0.6 is 11.6 Å². The largest absolute Gasteiger partial charge is 0.373 e. The molecule has 6 heteroatoms. The summed E-state index contributed by atoms with van der Waals surface area (Å²) in [5.74, 6) is 0.356. The summed E-state index contributed by atoms with van der Waals surface area (Å²) in [6, 6.07) is 5.21. The number of carbonyl (C=O) groups is 1. The summed E-state index contributed by atoms with van der Waals surface area (Å²) in [5, 5.41) is 6.10. The Morgan fingerprint density at radius 1 is 1.35 bits per heavy atom. The number of amides is 1. The number of hydrogen-bond donors (Lipinski definition) is 2. The van der Waals surface area contributed by atoms with Crippen LogP contribution in [0.1, 0.15) is 28.9 Å². The van der Waals surface area contributed by atoms with Crippen LogP contribution in [0.3, 0.4) is 0 Å². The van der Waals surface area contributed by atoms with Gasteiger partial charge in [0.2, 0.25) is 0 Å². The topological polar surface area (TPSA) is 66.9 Å². The third-order valence-electron chi connectivity index (χ3n) is 2.91. The molecule has 5 nitrogen and oxygen atoms in total. The maximum atomic E-state index is 12.3. The van der Waals surface area contributed by atoms with Crippen LogP contribution in [-0.2, 0) is 0 Å². The average Bonchev–Trinajstić information content (AvgIpc) is 2.48. The highest BCUT2D eigenvalue weighted by atomic mass is 35.5. The van der Waals surface area contributed by atoms with E-state index >= 15 is 0 Å². The van der Waals surface area contributed by atoms with Crippen molar-refractivity contribution in [3.05, 3.63) is 52.9 Å². The van der Waals surface area contributed by atoms with Gasteiger partial charge in [-0.3, -0.25) is 9.78 Å². The van der Waals surface area contributed by atoms with Gasteiger partial charge < -0.3 is 10.6 Å². The van der Waals surface area contributed by atoms with Crippen molar-refractivity contribution in [1.29, 1.82) is 0 Å². The number of nitrogens with one attached hydrogen (secondary N) is 2. The first-order valence-corrected chi connectivity index (χ1v) is 6.53. The highest BCUT2D eigenvalue weighted by Gasteiger charge is 2.15. The van der Waals surface area contributed by atoms with E-state index in [1.165, 1.54) is 6.20 Å². The molecule has 0 saturated heterocycles. The summed E-state index contributed by atoms with van der Waals surface area (Å²) < 4.78 is 0. The molecule has 0 saturated carbocycles. The Bertz CT molecular complexity index is 603. The maximum Gasteiger partial charge on any atom is 0.253 e. The van der Waals surface area contributed by atoms with Crippen LogP contribution in [0.4, 0.5) is 5.82 Å². The molecule has 2 aromatic rings. The fraction of sp³-hybridized carbons (Fsp3) is 0.214. The third-order valence-corrected chi connectivity index (χ3v) is 3.21. The number of nitrogens with zero attached hydrogens (tertiary/aromatic N) is 2. The summed E-state index contributed by atoms with van der Waals surface area (Å²) in [7, 11) is 1.73. The Labute approximate surface area is 122 Å². The first-order valence-electron chi connectivity index (χ1n) is 6.16. The summed E-state index contributed by atoms with van der Waals surface area (Å²) in [6.45, 7) is 1.90. The molecule has 2 aromatic heterocycles. The molecule has 0 spiro atoms. The molecular formula is C14H15ClN4O. The van der Waals surface area contributed by atoms with Crippen LogP contribution in [0.5, 0.6) is 0 Å². The number of aromatic nitrogens is 2. The normalized spacial score (nSPS) is 11.8. The van der Waals surface area contributed by atoms with Gasteiger partial charge in [0.05, 0.1) is 16.6 Å². The Hall–Kier alpha value is -2.14. The summed E-state index contributed by atoms with van der Waals surface area (Å²) in [6.07, 6.45) is 4.84. The molecule has 1 amide bonds. The van der Waals surface area contributed by atoms with Crippen LogP contribution in [0.15, 0.2) is 36.8 Å². The van der Waals surface area contributed by atoms with Crippen molar-refractivity contribution in [3.8, 4) is 0 Å². The van der Waals surface area contributed by atoms with Gasteiger partial charge in [-0.05, 0) is 30.7 Å². The van der Waals surface area contributed by atoms with Crippen LogP contribution in [-0.4, -0.2) is 22.9 Å². The quantitative estimate of drug-likeness (QED) is 0.908. The molecule has 1 unspecified atom stereocenters. The summed E-state index contributed by atoms with van der Waals surface area (Å²) >= 11 is 6.02. The number of carbonyl (C=O) groups excluding carboxylic acids is 1. The second-order valence-corrected chi connectivity index (χ2v) is 4.68. The Morgan fingerprint density at radius 3 is 2.70 bits per heavy atom. The number of halogens is 1. The van der Waals surface area contributed by atoms with Gasteiger partial charge in [0.1, 0.15) is 5.82 Å². The van der Waals surface area contributed by atoms with Crippen molar-refractivity contribution in [1.82, 2.24) is 15.3 Å². The zero-order chi connectivity index (χ0) is 14.5. The average molecular weight is 291 g/mol. The van der Waals surface area contributed by atoms with Crippen molar-refractivity contribution in [2.45, 2.75) is 13.0 Å². The van der Waals surface area contributed by atoms with Gasteiger partial charge in [-0.15, -0.1) is 0 Å². The Balaban J connectivity index is 2.16. The molecule has 2 rings (SSSR count). The van der Waals surface area contributed by atoms with Crippen LogP contribution in [0, 0.1) is 0 Å².